The molecule has 4 heteroatoms. The van der Waals surface area contributed by atoms with Crippen molar-refractivity contribution in [1.29, 1.82) is 0 Å². The summed E-state index contributed by atoms with van der Waals surface area (Å²) in [5.74, 6) is -0.164. The Labute approximate surface area is 138 Å². The molecule has 0 unspecified atom stereocenters. The molecule has 1 fully saturated rings. The number of hydrogen-bond acceptors (Lipinski definition) is 3. The molecule has 1 aromatic rings. The van der Waals surface area contributed by atoms with E-state index in [9.17, 15) is 9.59 Å². The van der Waals surface area contributed by atoms with E-state index in [0.29, 0.717) is 11.5 Å². The summed E-state index contributed by atoms with van der Waals surface area (Å²) in [7, 11) is 0. The standard InChI is InChI=1S/C19H27NO3/c1-12-9-7-10-16(14(12)3)19(22)23-15(4)18(21)20-17-11-6-5-8-13(17)2/h7,9-10,13,15,17H,5-6,8,11H2,1-4H3,(H,20,21)/t13-,15+,17+/m0/s1. The van der Waals surface area contributed by atoms with Crippen molar-refractivity contribution in [2.24, 2.45) is 5.92 Å². The molecular weight excluding hydrogens is 290 g/mol. The normalized spacial score (nSPS) is 22.3. The maximum Gasteiger partial charge on any atom is 0.339 e. The fourth-order valence-electron chi connectivity index (χ4n) is 3.08. The monoisotopic (exact) mass is 317 g/mol. The van der Waals surface area contributed by atoms with E-state index in [4.69, 9.17) is 4.74 Å². The quantitative estimate of drug-likeness (QED) is 0.864. The van der Waals surface area contributed by atoms with E-state index in [-0.39, 0.29) is 11.9 Å². The molecular formula is C19H27NO3. The number of carbonyl (C=O) groups excluding carboxylic acids is 2. The molecule has 1 saturated carbocycles. The van der Waals surface area contributed by atoms with E-state index >= 15 is 0 Å². The van der Waals surface area contributed by atoms with Gasteiger partial charge < -0.3 is 10.1 Å². The zero-order valence-electron chi connectivity index (χ0n) is 14.5. The number of aryl methyl sites for hydroxylation is 1. The summed E-state index contributed by atoms with van der Waals surface area (Å²) in [6.45, 7) is 7.63. The Hall–Kier alpha value is -1.84. The highest BCUT2D eigenvalue weighted by molar-refractivity contribution is 5.93. The molecule has 2 rings (SSSR count). The Morgan fingerprint density at radius 2 is 1.91 bits per heavy atom. The van der Waals surface area contributed by atoms with Gasteiger partial charge in [-0.25, -0.2) is 4.79 Å². The number of hydrogen-bond donors (Lipinski definition) is 1. The zero-order valence-corrected chi connectivity index (χ0v) is 14.5. The van der Waals surface area contributed by atoms with E-state index in [1.54, 1.807) is 13.0 Å². The molecule has 1 amide bonds. The Kier molecular flexibility index (Phi) is 5.80. The van der Waals surface area contributed by atoms with Crippen molar-refractivity contribution in [1.82, 2.24) is 5.32 Å². The molecule has 0 saturated heterocycles. The van der Waals surface area contributed by atoms with Crippen LogP contribution in [0, 0.1) is 19.8 Å². The van der Waals surface area contributed by atoms with Crippen LogP contribution in [0.1, 0.15) is 61.0 Å². The summed E-state index contributed by atoms with van der Waals surface area (Å²) in [6, 6.07) is 5.71. The molecule has 0 spiro atoms. The molecule has 0 aliphatic heterocycles. The van der Waals surface area contributed by atoms with Crippen LogP contribution < -0.4 is 5.32 Å². The Morgan fingerprint density at radius 1 is 1.22 bits per heavy atom. The molecule has 126 valence electrons. The Morgan fingerprint density at radius 3 is 2.61 bits per heavy atom. The second-order valence-electron chi connectivity index (χ2n) is 6.67. The Balaban J connectivity index is 1.95. The number of rotatable bonds is 4. The molecule has 1 aromatic carbocycles. The molecule has 0 heterocycles. The zero-order chi connectivity index (χ0) is 17.0. The van der Waals surface area contributed by atoms with Crippen molar-refractivity contribution in [3.05, 3.63) is 34.9 Å². The first kappa shape index (κ1) is 17.5. The highest BCUT2D eigenvalue weighted by atomic mass is 16.5. The number of amides is 1. The van der Waals surface area contributed by atoms with Crippen molar-refractivity contribution >= 4 is 11.9 Å². The van der Waals surface area contributed by atoms with Crippen LogP contribution in [0.5, 0.6) is 0 Å². The summed E-state index contributed by atoms with van der Waals surface area (Å²) in [5.41, 5.74) is 2.45. The van der Waals surface area contributed by atoms with Crippen LogP contribution in [0.15, 0.2) is 18.2 Å². The van der Waals surface area contributed by atoms with Gasteiger partial charge in [-0.05, 0) is 56.7 Å². The van der Waals surface area contributed by atoms with Crippen LogP contribution in [0.4, 0.5) is 0 Å². The van der Waals surface area contributed by atoms with Gasteiger partial charge in [0.25, 0.3) is 5.91 Å². The van der Waals surface area contributed by atoms with Gasteiger partial charge in [-0.2, -0.15) is 0 Å². The van der Waals surface area contributed by atoms with Crippen LogP contribution >= 0.6 is 0 Å². The third kappa shape index (κ3) is 4.34. The minimum absolute atomic E-state index is 0.193. The number of carbonyl (C=O) groups is 2. The van der Waals surface area contributed by atoms with Crippen LogP contribution in [0.25, 0.3) is 0 Å². The number of benzene rings is 1. The van der Waals surface area contributed by atoms with Gasteiger partial charge in [-0.1, -0.05) is 31.9 Å². The molecule has 23 heavy (non-hydrogen) atoms. The maximum absolute atomic E-state index is 12.3. The van der Waals surface area contributed by atoms with Crippen molar-refractivity contribution in [3.8, 4) is 0 Å². The van der Waals surface area contributed by atoms with E-state index < -0.39 is 12.1 Å². The summed E-state index contributed by atoms with van der Waals surface area (Å²) in [5, 5.41) is 3.04. The van der Waals surface area contributed by atoms with Crippen molar-refractivity contribution in [2.75, 3.05) is 0 Å². The lowest BCUT2D eigenvalue weighted by atomic mass is 9.86. The molecule has 1 aliphatic carbocycles. The second kappa shape index (κ2) is 7.62. The molecule has 1 aliphatic rings. The Bertz CT molecular complexity index is 582. The summed E-state index contributed by atoms with van der Waals surface area (Å²) in [4.78, 5) is 24.6. The van der Waals surface area contributed by atoms with Gasteiger partial charge in [-0.15, -0.1) is 0 Å². The minimum atomic E-state index is -0.781. The van der Waals surface area contributed by atoms with Crippen LogP contribution in [-0.2, 0) is 9.53 Å². The van der Waals surface area contributed by atoms with Crippen LogP contribution in [-0.4, -0.2) is 24.0 Å². The second-order valence-corrected chi connectivity index (χ2v) is 6.67. The summed E-state index contributed by atoms with van der Waals surface area (Å²) >= 11 is 0. The minimum Gasteiger partial charge on any atom is -0.449 e. The average Bonchev–Trinajstić information content (AvgIpc) is 2.52. The fourth-order valence-corrected chi connectivity index (χ4v) is 3.08. The fraction of sp³-hybridized carbons (Fsp3) is 0.579. The van der Waals surface area contributed by atoms with E-state index in [1.807, 2.05) is 26.0 Å². The smallest absolute Gasteiger partial charge is 0.339 e. The molecule has 4 nitrogen and oxygen atoms in total. The third-order valence-corrected chi connectivity index (χ3v) is 4.92. The average molecular weight is 317 g/mol. The van der Waals surface area contributed by atoms with E-state index in [2.05, 4.69) is 12.2 Å². The predicted octanol–water partition coefficient (Wildman–Crippen LogP) is 3.54. The SMILES string of the molecule is Cc1cccc(C(=O)O[C@H](C)C(=O)N[C@@H]2CCCC[C@@H]2C)c1C. The first-order valence-electron chi connectivity index (χ1n) is 8.47. The predicted molar refractivity (Wildman–Crippen MR) is 90.4 cm³/mol. The number of ether oxygens (including phenoxy) is 1. The molecule has 0 bridgehead atoms. The highest BCUT2D eigenvalue weighted by Gasteiger charge is 2.26. The van der Waals surface area contributed by atoms with Gasteiger partial charge >= 0.3 is 5.97 Å². The van der Waals surface area contributed by atoms with Crippen LogP contribution in [0.2, 0.25) is 0 Å². The molecule has 0 radical (unpaired) electrons. The summed E-state index contributed by atoms with van der Waals surface area (Å²) < 4.78 is 5.36. The first-order valence-corrected chi connectivity index (χ1v) is 8.47. The number of esters is 1. The van der Waals surface area contributed by atoms with Crippen molar-refractivity contribution < 1.29 is 14.3 Å². The van der Waals surface area contributed by atoms with Crippen molar-refractivity contribution in [2.45, 2.75) is 65.5 Å². The lowest BCUT2D eigenvalue weighted by Gasteiger charge is -2.30. The van der Waals surface area contributed by atoms with E-state index in [0.717, 1.165) is 30.4 Å². The maximum atomic E-state index is 12.3. The molecule has 3 atom stereocenters. The van der Waals surface area contributed by atoms with Crippen LogP contribution in [0.3, 0.4) is 0 Å². The van der Waals surface area contributed by atoms with Gasteiger partial charge in [0.2, 0.25) is 0 Å². The molecule has 0 aromatic heterocycles. The van der Waals surface area contributed by atoms with Gasteiger partial charge in [0.15, 0.2) is 6.10 Å². The highest BCUT2D eigenvalue weighted by Crippen LogP contribution is 2.24. The van der Waals surface area contributed by atoms with Gasteiger partial charge in [-0.3, -0.25) is 4.79 Å². The number of nitrogens with one attached hydrogen (secondary N) is 1. The lowest BCUT2D eigenvalue weighted by Crippen LogP contribution is -2.46. The van der Waals surface area contributed by atoms with Gasteiger partial charge in [0.1, 0.15) is 0 Å². The molecule has 1 N–H and O–H groups in total. The summed E-state index contributed by atoms with van der Waals surface area (Å²) in [6.07, 6.45) is 3.74. The van der Waals surface area contributed by atoms with Gasteiger partial charge in [0.05, 0.1) is 5.56 Å². The van der Waals surface area contributed by atoms with Crippen molar-refractivity contribution in [3.63, 3.8) is 0 Å². The largest absolute Gasteiger partial charge is 0.449 e. The first-order chi connectivity index (χ1) is 10.9. The topological polar surface area (TPSA) is 55.4 Å². The third-order valence-electron chi connectivity index (χ3n) is 4.92. The van der Waals surface area contributed by atoms with Gasteiger partial charge in [0, 0.05) is 6.04 Å². The lowest BCUT2D eigenvalue weighted by molar-refractivity contribution is -0.130. The van der Waals surface area contributed by atoms with E-state index in [1.165, 1.54) is 6.42 Å².